The van der Waals surface area contributed by atoms with Gasteiger partial charge in [-0.05, 0) is 22.9 Å². The SMILES string of the molecule is O=S(=O)(c1cccs1)N1CCN(Cc2csc(-c3ccsc3)n2)CC1. The number of thiophene rings is 2. The van der Waals surface area contributed by atoms with E-state index in [4.69, 9.17) is 4.98 Å². The number of hydrogen-bond donors (Lipinski definition) is 0. The van der Waals surface area contributed by atoms with E-state index in [1.54, 1.807) is 44.5 Å². The number of hydrogen-bond acceptors (Lipinski definition) is 7. The topological polar surface area (TPSA) is 53.5 Å². The van der Waals surface area contributed by atoms with Crippen molar-refractivity contribution in [2.75, 3.05) is 26.2 Å². The van der Waals surface area contributed by atoms with Gasteiger partial charge in [-0.15, -0.1) is 22.7 Å². The van der Waals surface area contributed by atoms with Crippen molar-refractivity contribution in [2.45, 2.75) is 10.8 Å². The van der Waals surface area contributed by atoms with E-state index in [2.05, 4.69) is 27.1 Å². The van der Waals surface area contributed by atoms with Crippen molar-refractivity contribution in [3.05, 3.63) is 45.4 Å². The molecule has 0 amide bonds. The first-order chi connectivity index (χ1) is 12.1. The Morgan fingerprint density at radius 2 is 1.88 bits per heavy atom. The third kappa shape index (κ3) is 3.71. The zero-order chi connectivity index (χ0) is 17.3. The molecule has 0 spiro atoms. The van der Waals surface area contributed by atoms with Gasteiger partial charge in [0.15, 0.2) is 0 Å². The van der Waals surface area contributed by atoms with Crippen molar-refractivity contribution in [1.82, 2.24) is 14.2 Å². The second kappa shape index (κ2) is 7.26. The molecule has 0 unspecified atom stereocenters. The fourth-order valence-corrected chi connectivity index (χ4v) is 6.88. The lowest BCUT2D eigenvalue weighted by Crippen LogP contribution is -2.48. The zero-order valence-electron chi connectivity index (χ0n) is 13.4. The van der Waals surface area contributed by atoms with Crippen molar-refractivity contribution in [3.8, 4) is 10.6 Å². The molecule has 0 radical (unpaired) electrons. The largest absolute Gasteiger partial charge is 0.295 e. The molecule has 4 heterocycles. The highest BCUT2D eigenvalue weighted by Gasteiger charge is 2.29. The Hall–Kier alpha value is -1.10. The van der Waals surface area contributed by atoms with Crippen LogP contribution in [0.1, 0.15) is 5.69 Å². The number of rotatable bonds is 5. The smallest absolute Gasteiger partial charge is 0.252 e. The van der Waals surface area contributed by atoms with E-state index in [-0.39, 0.29) is 0 Å². The van der Waals surface area contributed by atoms with Crippen LogP contribution in [0.15, 0.2) is 43.9 Å². The predicted octanol–water partition coefficient (Wildman–Crippen LogP) is 3.44. The van der Waals surface area contributed by atoms with Crippen LogP contribution in [0, 0.1) is 0 Å². The average Bonchev–Trinajstić information content (AvgIpc) is 3.37. The molecule has 1 fully saturated rings. The zero-order valence-corrected chi connectivity index (χ0v) is 16.6. The standard InChI is InChI=1S/C16H17N3O2S4/c20-25(21,15-2-1-8-23-15)19-6-4-18(5-7-19)10-14-12-24-16(17-14)13-3-9-22-11-13/h1-3,8-9,11-12H,4-7,10H2. The molecule has 9 heteroatoms. The molecule has 0 atom stereocenters. The molecule has 1 aliphatic heterocycles. The van der Waals surface area contributed by atoms with E-state index in [9.17, 15) is 8.42 Å². The van der Waals surface area contributed by atoms with E-state index < -0.39 is 10.0 Å². The fourth-order valence-electron chi connectivity index (χ4n) is 2.79. The molecule has 132 valence electrons. The molecule has 3 aromatic rings. The minimum Gasteiger partial charge on any atom is -0.295 e. The van der Waals surface area contributed by atoms with Crippen LogP contribution in [-0.2, 0) is 16.6 Å². The summed E-state index contributed by atoms with van der Waals surface area (Å²) in [6.45, 7) is 3.29. The Kier molecular flexibility index (Phi) is 5.03. The highest BCUT2D eigenvalue weighted by atomic mass is 32.2. The Morgan fingerprint density at radius 1 is 1.04 bits per heavy atom. The summed E-state index contributed by atoms with van der Waals surface area (Å²) in [7, 11) is -3.33. The molecule has 0 saturated carbocycles. The van der Waals surface area contributed by atoms with Crippen LogP contribution in [0.4, 0.5) is 0 Å². The maximum atomic E-state index is 12.6. The molecule has 4 rings (SSSR count). The van der Waals surface area contributed by atoms with Crippen LogP contribution >= 0.6 is 34.0 Å². The molecule has 0 aromatic carbocycles. The highest BCUT2D eigenvalue weighted by molar-refractivity contribution is 7.91. The van der Waals surface area contributed by atoms with Crippen LogP contribution in [0.2, 0.25) is 0 Å². The lowest BCUT2D eigenvalue weighted by molar-refractivity contribution is 0.180. The Bertz CT molecular complexity index is 909. The van der Waals surface area contributed by atoms with Crippen LogP contribution in [-0.4, -0.2) is 48.8 Å². The summed E-state index contributed by atoms with van der Waals surface area (Å²) in [5.74, 6) is 0. The molecule has 25 heavy (non-hydrogen) atoms. The number of piperazine rings is 1. The summed E-state index contributed by atoms with van der Waals surface area (Å²) in [5, 5.41) is 9.12. The molecule has 3 aromatic heterocycles. The number of thiazole rings is 1. The lowest BCUT2D eigenvalue weighted by atomic mass is 10.3. The monoisotopic (exact) mass is 411 g/mol. The molecule has 1 saturated heterocycles. The first-order valence-corrected chi connectivity index (χ1v) is 12.0. The first kappa shape index (κ1) is 17.3. The second-order valence-electron chi connectivity index (χ2n) is 5.77. The van der Waals surface area contributed by atoms with Gasteiger partial charge < -0.3 is 0 Å². The molecule has 1 aliphatic rings. The van der Waals surface area contributed by atoms with E-state index >= 15 is 0 Å². The van der Waals surface area contributed by atoms with Gasteiger partial charge in [0, 0.05) is 49.0 Å². The van der Waals surface area contributed by atoms with E-state index in [1.165, 1.54) is 16.9 Å². The van der Waals surface area contributed by atoms with E-state index in [1.807, 2.05) is 0 Å². The Labute approximate surface area is 159 Å². The van der Waals surface area contributed by atoms with Gasteiger partial charge in [0.2, 0.25) is 0 Å². The summed E-state index contributed by atoms with van der Waals surface area (Å²) >= 11 is 4.62. The third-order valence-electron chi connectivity index (χ3n) is 4.13. The van der Waals surface area contributed by atoms with Gasteiger partial charge >= 0.3 is 0 Å². The van der Waals surface area contributed by atoms with Crippen LogP contribution in [0.25, 0.3) is 10.6 Å². The number of nitrogens with zero attached hydrogens (tertiary/aromatic N) is 3. The van der Waals surface area contributed by atoms with Gasteiger partial charge in [0.25, 0.3) is 10.0 Å². The van der Waals surface area contributed by atoms with E-state index in [0.29, 0.717) is 17.3 Å². The fraction of sp³-hybridized carbons (Fsp3) is 0.312. The van der Waals surface area contributed by atoms with Gasteiger partial charge in [0.05, 0.1) is 5.69 Å². The first-order valence-electron chi connectivity index (χ1n) is 7.86. The number of sulfonamides is 1. The molecule has 5 nitrogen and oxygen atoms in total. The quantitative estimate of drug-likeness (QED) is 0.645. The predicted molar refractivity (Wildman–Crippen MR) is 104 cm³/mol. The van der Waals surface area contributed by atoms with Crippen molar-refractivity contribution in [2.24, 2.45) is 0 Å². The molecular formula is C16H17N3O2S4. The van der Waals surface area contributed by atoms with Crippen LogP contribution < -0.4 is 0 Å². The maximum Gasteiger partial charge on any atom is 0.252 e. The summed E-state index contributed by atoms with van der Waals surface area (Å²) in [6.07, 6.45) is 0. The van der Waals surface area contributed by atoms with Crippen molar-refractivity contribution < 1.29 is 8.42 Å². The van der Waals surface area contributed by atoms with Crippen molar-refractivity contribution >= 4 is 44.0 Å². The molecule has 0 aliphatic carbocycles. The van der Waals surface area contributed by atoms with E-state index in [0.717, 1.165) is 30.3 Å². The second-order valence-corrected chi connectivity index (χ2v) is 10.5. The minimum absolute atomic E-state index is 0.431. The Morgan fingerprint density at radius 3 is 2.56 bits per heavy atom. The van der Waals surface area contributed by atoms with Gasteiger partial charge in [-0.2, -0.15) is 15.6 Å². The van der Waals surface area contributed by atoms with Gasteiger partial charge in [-0.1, -0.05) is 6.07 Å². The van der Waals surface area contributed by atoms with Crippen molar-refractivity contribution in [3.63, 3.8) is 0 Å². The van der Waals surface area contributed by atoms with Gasteiger partial charge in [0.1, 0.15) is 9.22 Å². The van der Waals surface area contributed by atoms with Crippen molar-refractivity contribution in [1.29, 1.82) is 0 Å². The molecular weight excluding hydrogens is 394 g/mol. The van der Waals surface area contributed by atoms with Crippen LogP contribution in [0.5, 0.6) is 0 Å². The molecule has 0 N–H and O–H groups in total. The highest BCUT2D eigenvalue weighted by Crippen LogP contribution is 2.27. The third-order valence-corrected chi connectivity index (χ3v) is 9.02. The number of aromatic nitrogens is 1. The van der Waals surface area contributed by atoms with Gasteiger partial charge in [-0.3, -0.25) is 4.90 Å². The Balaban J connectivity index is 1.36. The summed E-state index contributed by atoms with van der Waals surface area (Å²) in [5.41, 5.74) is 2.23. The average molecular weight is 412 g/mol. The lowest BCUT2D eigenvalue weighted by Gasteiger charge is -2.33. The maximum absolute atomic E-state index is 12.6. The normalized spacial score (nSPS) is 17.1. The van der Waals surface area contributed by atoms with Crippen LogP contribution in [0.3, 0.4) is 0 Å². The summed E-state index contributed by atoms with van der Waals surface area (Å²) in [4.78, 5) is 6.98. The summed E-state index contributed by atoms with van der Waals surface area (Å²) in [6, 6.07) is 5.54. The minimum atomic E-state index is -3.33. The molecule has 0 bridgehead atoms. The summed E-state index contributed by atoms with van der Waals surface area (Å²) < 4.78 is 27.1. The van der Waals surface area contributed by atoms with Gasteiger partial charge in [-0.25, -0.2) is 13.4 Å².